The summed E-state index contributed by atoms with van der Waals surface area (Å²) in [5.41, 5.74) is 4.16. The number of nitrogens with zero attached hydrogens (tertiary/aromatic N) is 2. The molecule has 0 aliphatic rings. The van der Waals surface area contributed by atoms with Crippen LogP contribution in [-0.2, 0) is 11.2 Å². The molecule has 2 heterocycles. The van der Waals surface area contributed by atoms with E-state index in [1.807, 2.05) is 18.2 Å². The number of rotatable bonds is 3. The summed E-state index contributed by atoms with van der Waals surface area (Å²) < 4.78 is 0. The fourth-order valence-electron chi connectivity index (χ4n) is 2.44. The van der Waals surface area contributed by atoms with E-state index >= 15 is 0 Å². The van der Waals surface area contributed by atoms with Gasteiger partial charge in [-0.25, -0.2) is 4.98 Å². The van der Waals surface area contributed by atoms with Gasteiger partial charge in [-0.15, -0.1) is 11.3 Å². The van der Waals surface area contributed by atoms with Gasteiger partial charge < -0.3 is 4.90 Å². The number of aromatic nitrogens is 1. The molecule has 0 atom stereocenters. The maximum Gasteiger partial charge on any atom is 0.226 e. The molecule has 4 heteroatoms. The average molecular weight is 310 g/mol. The third-order valence-corrected chi connectivity index (χ3v) is 4.60. The van der Waals surface area contributed by atoms with Crippen molar-refractivity contribution in [3.05, 3.63) is 52.9 Å². The van der Waals surface area contributed by atoms with Crippen molar-refractivity contribution in [1.29, 1.82) is 0 Å². The summed E-state index contributed by atoms with van der Waals surface area (Å²) in [5, 5.41) is 3.20. The van der Waals surface area contributed by atoms with Crippen LogP contribution in [0.3, 0.4) is 0 Å². The van der Waals surface area contributed by atoms with E-state index in [-0.39, 0.29) is 5.91 Å². The standard InChI is InChI=1S/C18H18N2OS/c1-12-9-16(17-5-4-8-22-17)19-15-10-13(6-7-14(12)15)11-18(21)20(2)3/h4-10H,11H2,1-3H3. The van der Waals surface area contributed by atoms with E-state index in [1.54, 1.807) is 30.3 Å². The number of likely N-dealkylation sites (N-methyl/N-ethyl adjacent to an activating group) is 1. The number of fused-ring (bicyclic) bond motifs is 1. The number of pyridine rings is 1. The van der Waals surface area contributed by atoms with Gasteiger partial charge in [0.15, 0.2) is 0 Å². The van der Waals surface area contributed by atoms with Gasteiger partial charge in [-0.2, -0.15) is 0 Å². The highest BCUT2D eigenvalue weighted by Gasteiger charge is 2.09. The van der Waals surface area contributed by atoms with E-state index in [0.717, 1.165) is 22.2 Å². The first-order valence-corrected chi connectivity index (χ1v) is 8.07. The van der Waals surface area contributed by atoms with Gasteiger partial charge in [0.05, 0.1) is 22.5 Å². The summed E-state index contributed by atoms with van der Waals surface area (Å²) >= 11 is 1.69. The van der Waals surface area contributed by atoms with Crippen LogP contribution in [0, 0.1) is 6.92 Å². The van der Waals surface area contributed by atoms with Crippen molar-refractivity contribution in [2.45, 2.75) is 13.3 Å². The first-order chi connectivity index (χ1) is 10.5. The highest BCUT2D eigenvalue weighted by molar-refractivity contribution is 7.13. The van der Waals surface area contributed by atoms with E-state index in [0.29, 0.717) is 6.42 Å². The number of thiophene rings is 1. The summed E-state index contributed by atoms with van der Waals surface area (Å²) in [5.74, 6) is 0.102. The molecule has 22 heavy (non-hydrogen) atoms. The van der Waals surface area contributed by atoms with E-state index in [1.165, 1.54) is 10.4 Å². The minimum absolute atomic E-state index is 0.102. The molecule has 0 radical (unpaired) electrons. The van der Waals surface area contributed by atoms with Crippen molar-refractivity contribution in [1.82, 2.24) is 9.88 Å². The normalized spacial score (nSPS) is 10.9. The van der Waals surface area contributed by atoms with Crippen molar-refractivity contribution in [2.24, 2.45) is 0 Å². The lowest BCUT2D eigenvalue weighted by molar-refractivity contribution is -0.127. The van der Waals surface area contributed by atoms with Gasteiger partial charge in [-0.05, 0) is 41.6 Å². The lowest BCUT2D eigenvalue weighted by atomic mass is 10.0. The monoisotopic (exact) mass is 310 g/mol. The molecule has 1 amide bonds. The molecule has 0 aliphatic heterocycles. The molecule has 0 bridgehead atoms. The third-order valence-electron chi connectivity index (χ3n) is 3.71. The van der Waals surface area contributed by atoms with Crippen molar-refractivity contribution in [3.63, 3.8) is 0 Å². The summed E-state index contributed by atoms with van der Waals surface area (Å²) in [7, 11) is 3.56. The Hall–Kier alpha value is -2.20. The van der Waals surface area contributed by atoms with Crippen LogP contribution in [0.5, 0.6) is 0 Å². The fraction of sp³-hybridized carbons (Fsp3) is 0.222. The quantitative estimate of drug-likeness (QED) is 0.735. The zero-order chi connectivity index (χ0) is 15.7. The lowest BCUT2D eigenvalue weighted by Gasteiger charge is -2.11. The second-order valence-electron chi connectivity index (χ2n) is 5.62. The number of carbonyl (C=O) groups is 1. The second-order valence-corrected chi connectivity index (χ2v) is 6.57. The van der Waals surface area contributed by atoms with Gasteiger partial charge >= 0.3 is 0 Å². The van der Waals surface area contributed by atoms with Crippen LogP contribution >= 0.6 is 11.3 Å². The van der Waals surface area contributed by atoms with Gasteiger partial charge in [0.1, 0.15) is 0 Å². The second kappa shape index (κ2) is 5.89. The first-order valence-electron chi connectivity index (χ1n) is 7.19. The molecule has 0 N–H and O–H groups in total. The first kappa shape index (κ1) is 14.7. The van der Waals surface area contributed by atoms with Gasteiger partial charge in [0.2, 0.25) is 5.91 Å². The van der Waals surface area contributed by atoms with Crippen LogP contribution in [0.15, 0.2) is 41.8 Å². The number of hydrogen-bond acceptors (Lipinski definition) is 3. The van der Waals surface area contributed by atoms with Crippen LogP contribution in [0.1, 0.15) is 11.1 Å². The number of benzene rings is 1. The van der Waals surface area contributed by atoms with Crippen molar-refractivity contribution >= 4 is 28.1 Å². The molecule has 2 aromatic heterocycles. The molecular weight excluding hydrogens is 292 g/mol. The van der Waals surface area contributed by atoms with E-state index in [4.69, 9.17) is 4.98 Å². The molecule has 0 saturated heterocycles. The summed E-state index contributed by atoms with van der Waals surface area (Å²) in [4.78, 5) is 19.4. The Morgan fingerprint density at radius 3 is 2.73 bits per heavy atom. The predicted molar refractivity (Wildman–Crippen MR) is 92.2 cm³/mol. The predicted octanol–water partition coefficient (Wildman–Crippen LogP) is 3.90. The zero-order valence-electron chi connectivity index (χ0n) is 13.0. The molecule has 3 aromatic rings. The minimum Gasteiger partial charge on any atom is -0.349 e. The lowest BCUT2D eigenvalue weighted by Crippen LogP contribution is -2.23. The Kier molecular flexibility index (Phi) is 3.94. The number of amides is 1. The van der Waals surface area contributed by atoms with Gasteiger partial charge in [-0.1, -0.05) is 18.2 Å². The Morgan fingerprint density at radius 2 is 2.05 bits per heavy atom. The van der Waals surface area contributed by atoms with E-state index in [2.05, 4.69) is 30.5 Å². The van der Waals surface area contributed by atoms with Gasteiger partial charge in [0, 0.05) is 19.5 Å². The molecular formula is C18H18N2OS. The van der Waals surface area contributed by atoms with E-state index in [9.17, 15) is 4.79 Å². The molecule has 0 spiro atoms. The highest BCUT2D eigenvalue weighted by Crippen LogP contribution is 2.28. The maximum absolute atomic E-state index is 11.9. The number of aryl methyl sites for hydroxylation is 1. The summed E-state index contributed by atoms with van der Waals surface area (Å²) in [6.45, 7) is 2.10. The topological polar surface area (TPSA) is 33.2 Å². The Labute approximate surface area is 134 Å². The molecule has 0 unspecified atom stereocenters. The molecule has 3 rings (SSSR count). The summed E-state index contributed by atoms with van der Waals surface area (Å²) in [6.07, 6.45) is 0.410. The highest BCUT2D eigenvalue weighted by atomic mass is 32.1. The molecule has 1 aromatic carbocycles. The smallest absolute Gasteiger partial charge is 0.226 e. The van der Waals surface area contributed by atoms with Crippen LogP contribution in [0.2, 0.25) is 0 Å². The Balaban J connectivity index is 2.04. The van der Waals surface area contributed by atoms with Crippen molar-refractivity contribution in [2.75, 3.05) is 14.1 Å². The van der Waals surface area contributed by atoms with Crippen molar-refractivity contribution in [3.8, 4) is 10.6 Å². The minimum atomic E-state index is 0.102. The molecule has 0 fully saturated rings. The SMILES string of the molecule is Cc1cc(-c2cccs2)nc2cc(CC(=O)N(C)C)ccc12. The maximum atomic E-state index is 11.9. The third kappa shape index (κ3) is 2.88. The van der Waals surface area contributed by atoms with Crippen LogP contribution in [-0.4, -0.2) is 29.9 Å². The molecule has 112 valence electrons. The van der Waals surface area contributed by atoms with Gasteiger partial charge in [0.25, 0.3) is 0 Å². The summed E-state index contributed by atoms with van der Waals surface area (Å²) in [6, 6.07) is 12.3. The van der Waals surface area contributed by atoms with E-state index < -0.39 is 0 Å². The zero-order valence-corrected chi connectivity index (χ0v) is 13.8. The van der Waals surface area contributed by atoms with Crippen LogP contribution in [0.4, 0.5) is 0 Å². The average Bonchev–Trinajstić information content (AvgIpc) is 3.00. The Bertz CT molecular complexity index is 822. The van der Waals surface area contributed by atoms with Crippen LogP contribution < -0.4 is 0 Å². The number of carbonyl (C=O) groups excluding carboxylic acids is 1. The fourth-order valence-corrected chi connectivity index (χ4v) is 3.13. The Morgan fingerprint density at radius 1 is 1.23 bits per heavy atom. The molecule has 0 saturated carbocycles. The molecule has 3 nitrogen and oxygen atoms in total. The van der Waals surface area contributed by atoms with Gasteiger partial charge in [-0.3, -0.25) is 4.79 Å². The largest absolute Gasteiger partial charge is 0.349 e. The molecule has 0 aliphatic carbocycles. The van der Waals surface area contributed by atoms with Crippen LogP contribution in [0.25, 0.3) is 21.5 Å². The number of hydrogen-bond donors (Lipinski definition) is 0. The van der Waals surface area contributed by atoms with Crippen molar-refractivity contribution < 1.29 is 4.79 Å².